The molecule has 0 saturated heterocycles. The van der Waals surface area contributed by atoms with Gasteiger partial charge in [-0.25, -0.2) is 4.98 Å². The third-order valence-corrected chi connectivity index (χ3v) is 5.82. The van der Waals surface area contributed by atoms with E-state index < -0.39 is 24.3 Å². The lowest BCUT2D eigenvalue weighted by Crippen LogP contribution is -2.37. The van der Waals surface area contributed by atoms with Crippen molar-refractivity contribution in [1.29, 1.82) is 0 Å². The van der Waals surface area contributed by atoms with Crippen LogP contribution in [0.15, 0.2) is 30.3 Å². The molecule has 0 fully saturated rings. The summed E-state index contributed by atoms with van der Waals surface area (Å²) in [5.41, 5.74) is 0.865. The zero-order valence-electron chi connectivity index (χ0n) is 14.3. The minimum absolute atomic E-state index is 0.122. The Morgan fingerprint density at radius 3 is 2.43 bits per heavy atom. The SMILES string of the molecule is COc1cccc2sc(NC(=O)CN3C(=O)c4cc(Cl)c(Cl)cc4C3=O)nc12. The first-order chi connectivity index (χ1) is 13.4. The summed E-state index contributed by atoms with van der Waals surface area (Å²) in [6.45, 7) is -0.450. The summed E-state index contributed by atoms with van der Waals surface area (Å²) in [4.78, 5) is 42.5. The Morgan fingerprint density at radius 1 is 1.18 bits per heavy atom. The van der Waals surface area contributed by atoms with Crippen LogP contribution in [0.2, 0.25) is 10.0 Å². The standard InChI is InChI=1S/C18H11Cl2N3O4S/c1-27-12-3-2-4-13-15(12)22-18(28-13)21-14(24)7-23-16(25)8-5-10(19)11(20)6-9(8)17(23)26/h2-6H,7H2,1H3,(H,21,22,24). The van der Waals surface area contributed by atoms with Gasteiger partial charge in [-0.3, -0.25) is 19.3 Å². The van der Waals surface area contributed by atoms with Crippen LogP contribution in [0.25, 0.3) is 10.2 Å². The molecule has 3 amide bonds. The van der Waals surface area contributed by atoms with Crippen molar-refractivity contribution in [2.24, 2.45) is 0 Å². The van der Waals surface area contributed by atoms with Crippen molar-refractivity contribution >= 4 is 67.6 Å². The molecule has 0 unspecified atom stereocenters. The molecule has 10 heteroatoms. The number of hydrogen-bond donors (Lipinski definition) is 1. The number of carbonyl (C=O) groups excluding carboxylic acids is 3. The molecular formula is C18H11Cl2N3O4S. The van der Waals surface area contributed by atoms with Gasteiger partial charge in [0.15, 0.2) is 5.13 Å². The average Bonchev–Trinajstić information content (AvgIpc) is 3.17. The molecule has 28 heavy (non-hydrogen) atoms. The fraction of sp³-hybridized carbons (Fsp3) is 0.111. The van der Waals surface area contributed by atoms with E-state index in [1.807, 2.05) is 12.1 Å². The molecule has 2 aromatic carbocycles. The Labute approximate surface area is 172 Å². The van der Waals surface area contributed by atoms with Gasteiger partial charge in [0, 0.05) is 0 Å². The molecule has 0 bridgehead atoms. The fourth-order valence-corrected chi connectivity index (χ4v) is 4.10. The van der Waals surface area contributed by atoms with E-state index in [2.05, 4.69) is 10.3 Å². The molecule has 0 aliphatic carbocycles. The second-order valence-corrected chi connectivity index (χ2v) is 7.73. The number of rotatable bonds is 4. The number of aromatic nitrogens is 1. The molecule has 0 saturated carbocycles. The lowest BCUT2D eigenvalue weighted by molar-refractivity contribution is -0.116. The lowest BCUT2D eigenvalue weighted by atomic mass is 10.1. The molecule has 0 atom stereocenters. The lowest BCUT2D eigenvalue weighted by Gasteiger charge is -2.12. The predicted molar refractivity (Wildman–Crippen MR) is 107 cm³/mol. The van der Waals surface area contributed by atoms with E-state index in [0.717, 1.165) is 9.60 Å². The summed E-state index contributed by atoms with van der Waals surface area (Å²) in [5.74, 6) is -1.16. The number of carbonyl (C=O) groups is 3. The molecule has 1 aliphatic heterocycles. The Bertz CT molecular complexity index is 1120. The van der Waals surface area contributed by atoms with Crippen LogP contribution >= 0.6 is 34.5 Å². The van der Waals surface area contributed by atoms with E-state index >= 15 is 0 Å². The van der Waals surface area contributed by atoms with Gasteiger partial charge in [0.1, 0.15) is 17.8 Å². The van der Waals surface area contributed by atoms with E-state index in [-0.39, 0.29) is 21.2 Å². The molecule has 2 heterocycles. The minimum Gasteiger partial charge on any atom is -0.494 e. The van der Waals surface area contributed by atoms with E-state index in [4.69, 9.17) is 27.9 Å². The fourth-order valence-electron chi connectivity index (χ4n) is 2.87. The van der Waals surface area contributed by atoms with E-state index in [9.17, 15) is 14.4 Å². The summed E-state index contributed by atoms with van der Waals surface area (Å²) in [6.07, 6.45) is 0. The molecule has 1 aromatic heterocycles. The third kappa shape index (κ3) is 3.09. The van der Waals surface area contributed by atoms with Crippen LogP contribution in [0.3, 0.4) is 0 Å². The maximum atomic E-state index is 12.5. The molecule has 142 valence electrons. The third-order valence-electron chi connectivity index (χ3n) is 4.16. The smallest absolute Gasteiger partial charge is 0.262 e. The first-order valence-electron chi connectivity index (χ1n) is 7.97. The highest BCUT2D eigenvalue weighted by Gasteiger charge is 2.37. The molecule has 7 nitrogen and oxygen atoms in total. The van der Waals surface area contributed by atoms with Gasteiger partial charge in [0.05, 0.1) is 33.0 Å². The first kappa shape index (κ1) is 18.7. The van der Waals surface area contributed by atoms with Gasteiger partial charge in [-0.15, -0.1) is 0 Å². The Balaban J connectivity index is 1.53. The number of hydrogen-bond acceptors (Lipinski definition) is 6. The monoisotopic (exact) mass is 435 g/mol. The molecular weight excluding hydrogens is 425 g/mol. The molecule has 0 spiro atoms. The number of ether oxygens (including phenoxy) is 1. The largest absolute Gasteiger partial charge is 0.494 e. The van der Waals surface area contributed by atoms with Crippen LogP contribution in [0.1, 0.15) is 20.7 Å². The van der Waals surface area contributed by atoms with Gasteiger partial charge in [-0.05, 0) is 24.3 Å². The maximum absolute atomic E-state index is 12.5. The van der Waals surface area contributed by atoms with Crippen LogP contribution < -0.4 is 10.1 Å². The van der Waals surface area contributed by atoms with E-state index in [0.29, 0.717) is 16.4 Å². The second-order valence-electron chi connectivity index (χ2n) is 5.88. The highest BCUT2D eigenvalue weighted by molar-refractivity contribution is 7.22. The van der Waals surface area contributed by atoms with Crippen molar-refractivity contribution in [2.45, 2.75) is 0 Å². The summed E-state index contributed by atoms with van der Waals surface area (Å²) in [7, 11) is 1.53. The number of benzene rings is 2. The van der Waals surface area contributed by atoms with Gasteiger partial charge in [-0.2, -0.15) is 0 Å². The molecule has 3 aromatic rings. The van der Waals surface area contributed by atoms with E-state index in [1.165, 1.54) is 30.6 Å². The molecule has 1 aliphatic rings. The molecule has 4 rings (SSSR count). The number of anilines is 1. The van der Waals surface area contributed by atoms with E-state index in [1.54, 1.807) is 6.07 Å². The number of nitrogens with one attached hydrogen (secondary N) is 1. The number of halogens is 2. The summed E-state index contributed by atoms with van der Waals surface area (Å²) >= 11 is 13.1. The van der Waals surface area contributed by atoms with Gasteiger partial charge < -0.3 is 10.1 Å². The topological polar surface area (TPSA) is 88.6 Å². The van der Waals surface area contributed by atoms with Crippen molar-refractivity contribution in [3.63, 3.8) is 0 Å². The molecule has 0 radical (unpaired) electrons. The number of imide groups is 1. The highest BCUT2D eigenvalue weighted by atomic mass is 35.5. The van der Waals surface area contributed by atoms with Crippen LogP contribution in [-0.4, -0.2) is 41.3 Å². The van der Waals surface area contributed by atoms with Gasteiger partial charge in [-0.1, -0.05) is 40.6 Å². The van der Waals surface area contributed by atoms with Crippen molar-refractivity contribution in [2.75, 3.05) is 19.0 Å². The number of nitrogens with zero attached hydrogens (tertiary/aromatic N) is 2. The molecule has 1 N–H and O–H groups in total. The zero-order chi connectivity index (χ0) is 20.0. The van der Waals surface area contributed by atoms with Gasteiger partial charge in [0.2, 0.25) is 5.91 Å². The van der Waals surface area contributed by atoms with Crippen LogP contribution in [0.4, 0.5) is 5.13 Å². The summed E-state index contributed by atoms with van der Waals surface area (Å²) in [5, 5.41) is 3.28. The van der Waals surface area contributed by atoms with Crippen LogP contribution in [-0.2, 0) is 4.79 Å². The minimum atomic E-state index is -0.598. The predicted octanol–water partition coefficient (Wildman–Crippen LogP) is 3.85. The Hall–Kier alpha value is -2.68. The number of methoxy groups -OCH3 is 1. The van der Waals surface area contributed by atoms with Crippen LogP contribution in [0, 0.1) is 0 Å². The first-order valence-corrected chi connectivity index (χ1v) is 9.55. The average molecular weight is 436 g/mol. The second kappa shape index (κ2) is 7.05. The number of thiazole rings is 1. The number of para-hydroxylation sites is 1. The van der Waals surface area contributed by atoms with Crippen LogP contribution in [0.5, 0.6) is 5.75 Å². The quantitative estimate of drug-likeness (QED) is 0.628. The number of fused-ring (bicyclic) bond motifs is 2. The highest BCUT2D eigenvalue weighted by Crippen LogP contribution is 2.33. The van der Waals surface area contributed by atoms with Crippen molar-refractivity contribution in [3.05, 3.63) is 51.5 Å². The Morgan fingerprint density at radius 2 is 1.82 bits per heavy atom. The van der Waals surface area contributed by atoms with Crippen molar-refractivity contribution in [3.8, 4) is 5.75 Å². The normalized spacial score (nSPS) is 13.2. The summed E-state index contributed by atoms with van der Waals surface area (Å²) < 4.78 is 6.08. The Kier molecular flexibility index (Phi) is 4.70. The summed E-state index contributed by atoms with van der Waals surface area (Å²) in [6, 6.07) is 8.10. The van der Waals surface area contributed by atoms with Gasteiger partial charge in [0.25, 0.3) is 11.8 Å². The zero-order valence-corrected chi connectivity index (χ0v) is 16.6. The maximum Gasteiger partial charge on any atom is 0.262 e. The number of amides is 3. The van der Waals surface area contributed by atoms with Crippen molar-refractivity contribution in [1.82, 2.24) is 9.88 Å². The van der Waals surface area contributed by atoms with Crippen molar-refractivity contribution < 1.29 is 19.1 Å². The van der Waals surface area contributed by atoms with Gasteiger partial charge >= 0.3 is 0 Å².